The summed E-state index contributed by atoms with van der Waals surface area (Å²) in [6, 6.07) is 3.73. The largest absolute Gasteiger partial charge is 0.444 e. The summed E-state index contributed by atoms with van der Waals surface area (Å²) < 4.78 is 11.3. The van der Waals surface area contributed by atoms with Gasteiger partial charge in [-0.05, 0) is 57.9 Å². The highest BCUT2D eigenvalue weighted by Gasteiger charge is 2.37. The van der Waals surface area contributed by atoms with Gasteiger partial charge in [-0.15, -0.1) is 6.42 Å². The molecule has 26 heavy (non-hydrogen) atoms. The van der Waals surface area contributed by atoms with Gasteiger partial charge in [-0.3, -0.25) is 4.90 Å². The van der Waals surface area contributed by atoms with E-state index in [1.54, 1.807) is 4.90 Å². The van der Waals surface area contributed by atoms with E-state index in [9.17, 15) is 4.79 Å². The number of hydrogen-bond acceptors (Lipinski definition) is 4. The topological polar surface area (TPSA) is 67.5 Å². The van der Waals surface area contributed by atoms with Crippen molar-refractivity contribution in [3.8, 4) is 12.3 Å². The van der Waals surface area contributed by atoms with E-state index in [4.69, 9.17) is 15.9 Å². The molecule has 6 nitrogen and oxygen atoms in total. The molecule has 1 saturated heterocycles. The van der Waals surface area contributed by atoms with Crippen LogP contribution in [0.25, 0.3) is 11.0 Å². The molecule has 2 aromatic rings. The Morgan fingerprint density at radius 1 is 1.38 bits per heavy atom. The van der Waals surface area contributed by atoms with Crippen LogP contribution in [0.5, 0.6) is 0 Å². The van der Waals surface area contributed by atoms with Crippen LogP contribution < -0.4 is 0 Å². The van der Waals surface area contributed by atoms with Crippen molar-refractivity contribution in [2.75, 3.05) is 13.2 Å². The molecule has 1 aromatic carbocycles. The van der Waals surface area contributed by atoms with Gasteiger partial charge in [0.25, 0.3) is 0 Å². The molecule has 0 saturated carbocycles. The predicted molar refractivity (Wildman–Crippen MR) is 99.8 cm³/mol. The van der Waals surface area contributed by atoms with Gasteiger partial charge in [0.2, 0.25) is 0 Å². The highest BCUT2D eigenvalue weighted by Crippen LogP contribution is 2.28. The number of nitrogens with zero attached hydrogens (tertiary/aromatic N) is 2. The van der Waals surface area contributed by atoms with Gasteiger partial charge >= 0.3 is 6.09 Å². The van der Waals surface area contributed by atoms with Gasteiger partial charge in [-0.25, -0.2) is 9.78 Å². The lowest BCUT2D eigenvalue weighted by molar-refractivity contribution is -0.0541. The van der Waals surface area contributed by atoms with Gasteiger partial charge < -0.3 is 14.5 Å². The van der Waals surface area contributed by atoms with Crippen LogP contribution in [0.4, 0.5) is 4.79 Å². The van der Waals surface area contributed by atoms with Gasteiger partial charge in [0.05, 0.1) is 24.2 Å². The number of aromatic amines is 1. The van der Waals surface area contributed by atoms with Gasteiger partial charge in [0.1, 0.15) is 23.6 Å². The van der Waals surface area contributed by atoms with E-state index in [0.29, 0.717) is 5.82 Å². The molecule has 0 spiro atoms. The minimum atomic E-state index is -0.590. The Labute approximate surface area is 153 Å². The van der Waals surface area contributed by atoms with Crippen LogP contribution in [0.15, 0.2) is 12.1 Å². The molecule has 0 aliphatic carbocycles. The molecule has 0 unspecified atom stereocenters. The summed E-state index contributed by atoms with van der Waals surface area (Å²) in [5, 5.41) is 0. The molecule has 6 heteroatoms. The number of amides is 1. The number of hydrogen-bond donors (Lipinski definition) is 1. The van der Waals surface area contributed by atoms with E-state index in [-0.39, 0.29) is 19.2 Å². The molecule has 1 N–H and O–H groups in total. The Kier molecular flexibility index (Phi) is 4.68. The third-order valence-electron chi connectivity index (χ3n) is 4.44. The number of carbonyl (C=O) groups is 1. The monoisotopic (exact) mass is 355 g/mol. The van der Waals surface area contributed by atoms with Gasteiger partial charge in [-0.2, -0.15) is 0 Å². The van der Waals surface area contributed by atoms with Crippen molar-refractivity contribution in [2.45, 2.75) is 52.4 Å². The Hall–Kier alpha value is -2.52. The SMILES string of the molecule is C#C[C@@H]1CN(C(=O)OC(C)(C)C)[C@H](c2nc3cc(C)c(C)cc3[nH]2)CO1. The van der Waals surface area contributed by atoms with Crippen LogP contribution in [-0.4, -0.2) is 45.8 Å². The molecule has 1 aromatic heterocycles. The van der Waals surface area contributed by atoms with E-state index in [1.165, 1.54) is 11.1 Å². The Morgan fingerprint density at radius 3 is 2.73 bits per heavy atom. The molecule has 138 valence electrons. The van der Waals surface area contributed by atoms with Crippen LogP contribution in [-0.2, 0) is 9.47 Å². The smallest absolute Gasteiger partial charge is 0.411 e. The van der Waals surface area contributed by atoms with Crippen LogP contribution in [0.3, 0.4) is 0 Å². The number of ether oxygens (including phenoxy) is 2. The molecular formula is C20H25N3O3. The number of imidazole rings is 1. The summed E-state index contributed by atoms with van der Waals surface area (Å²) in [5.74, 6) is 3.24. The summed E-state index contributed by atoms with van der Waals surface area (Å²) in [6.45, 7) is 10.2. The number of fused-ring (bicyclic) bond motifs is 1. The van der Waals surface area contributed by atoms with Gasteiger partial charge in [0.15, 0.2) is 0 Å². The average Bonchev–Trinajstić information content (AvgIpc) is 2.95. The van der Waals surface area contributed by atoms with Crippen molar-refractivity contribution in [1.29, 1.82) is 0 Å². The normalized spacial score (nSPS) is 20.8. The maximum absolute atomic E-state index is 12.7. The quantitative estimate of drug-likeness (QED) is 0.795. The molecule has 1 aliphatic heterocycles. The third kappa shape index (κ3) is 3.68. The summed E-state index contributed by atoms with van der Waals surface area (Å²) in [5.41, 5.74) is 3.57. The summed E-state index contributed by atoms with van der Waals surface area (Å²) in [6.07, 6.45) is 4.63. The first-order valence-electron chi connectivity index (χ1n) is 8.72. The molecule has 0 radical (unpaired) electrons. The number of H-pyrrole nitrogens is 1. The maximum Gasteiger partial charge on any atom is 0.411 e. The molecular weight excluding hydrogens is 330 g/mol. The van der Waals surface area contributed by atoms with Crippen molar-refractivity contribution < 1.29 is 14.3 Å². The van der Waals surface area contributed by atoms with Crippen molar-refractivity contribution in [2.24, 2.45) is 0 Å². The fraction of sp³-hybridized carbons (Fsp3) is 0.500. The minimum Gasteiger partial charge on any atom is -0.444 e. The van der Waals surface area contributed by atoms with E-state index in [1.807, 2.05) is 26.8 Å². The molecule has 1 fully saturated rings. The standard InChI is InChI=1S/C20H25N3O3/c1-7-14-10-23(19(24)26-20(4,5)6)17(11-25-14)18-21-15-8-12(2)13(3)9-16(15)22-18/h1,8-9,14,17H,10-11H2,2-6H3,(H,21,22)/t14-,17+/m1/s1. The van der Waals surface area contributed by atoms with Crippen molar-refractivity contribution >= 4 is 17.1 Å². The number of carbonyl (C=O) groups excluding carboxylic acids is 1. The second-order valence-electron chi connectivity index (χ2n) is 7.71. The average molecular weight is 355 g/mol. The van der Waals surface area contributed by atoms with Crippen LogP contribution in [0, 0.1) is 26.2 Å². The highest BCUT2D eigenvalue weighted by atomic mass is 16.6. The van der Waals surface area contributed by atoms with E-state index in [0.717, 1.165) is 11.0 Å². The fourth-order valence-electron chi connectivity index (χ4n) is 2.95. The second-order valence-corrected chi connectivity index (χ2v) is 7.71. The predicted octanol–water partition coefficient (Wildman–Crippen LogP) is 3.49. The molecule has 2 heterocycles. The van der Waals surface area contributed by atoms with E-state index >= 15 is 0 Å². The van der Waals surface area contributed by atoms with Crippen LogP contribution in [0.2, 0.25) is 0 Å². The minimum absolute atomic E-state index is 0.269. The first-order chi connectivity index (χ1) is 12.2. The number of nitrogens with one attached hydrogen (secondary N) is 1. The van der Waals surface area contributed by atoms with Crippen LogP contribution in [0.1, 0.15) is 43.8 Å². The zero-order chi connectivity index (χ0) is 19.1. The molecule has 2 atom stereocenters. The number of rotatable bonds is 1. The number of benzene rings is 1. The zero-order valence-electron chi connectivity index (χ0n) is 15.9. The van der Waals surface area contributed by atoms with Crippen molar-refractivity contribution in [1.82, 2.24) is 14.9 Å². The number of aryl methyl sites for hydroxylation is 2. The molecule has 1 amide bonds. The maximum atomic E-state index is 12.7. The lowest BCUT2D eigenvalue weighted by atomic mass is 10.1. The van der Waals surface area contributed by atoms with Gasteiger partial charge in [-0.1, -0.05) is 5.92 Å². The lowest BCUT2D eigenvalue weighted by Crippen LogP contribution is -2.49. The Balaban J connectivity index is 1.95. The first kappa shape index (κ1) is 18.3. The third-order valence-corrected chi connectivity index (χ3v) is 4.44. The molecule has 3 rings (SSSR count). The second kappa shape index (κ2) is 6.65. The van der Waals surface area contributed by atoms with Crippen LogP contribution >= 0.6 is 0 Å². The van der Waals surface area contributed by atoms with Crippen molar-refractivity contribution in [3.63, 3.8) is 0 Å². The highest BCUT2D eigenvalue weighted by molar-refractivity contribution is 5.77. The number of terminal acetylenes is 1. The zero-order valence-corrected chi connectivity index (χ0v) is 15.9. The summed E-state index contributed by atoms with van der Waals surface area (Å²) in [7, 11) is 0. The van der Waals surface area contributed by atoms with E-state index in [2.05, 4.69) is 35.8 Å². The molecule has 0 bridgehead atoms. The summed E-state index contributed by atoms with van der Waals surface area (Å²) >= 11 is 0. The van der Waals surface area contributed by atoms with Gasteiger partial charge in [0, 0.05) is 0 Å². The fourth-order valence-corrected chi connectivity index (χ4v) is 2.95. The first-order valence-corrected chi connectivity index (χ1v) is 8.72. The Bertz CT molecular complexity index is 834. The number of morpholine rings is 1. The lowest BCUT2D eigenvalue weighted by Gasteiger charge is -2.37. The molecule has 1 aliphatic rings. The van der Waals surface area contributed by atoms with Crippen molar-refractivity contribution in [3.05, 3.63) is 29.1 Å². The van der Waals surface area contributed by atoms with E-state index < -0.39 is 17.8 Å². The Morgan fingerprint density at radius 2 is 2.08 bits per heavy atom. The summed E-state index contributed by atoms with van der Waals surface area (Å²) in [4.78, 5) is 22.3. The number of aromatic nitrogens is 2.